The van der Waals surface area contributed by atoms with Crippen LogP contribution in [0.15, 0.2) is 30.6 Å². The van der Waals surface area contributed by atoms with Crippen LogP contribution >= 0.6 is 0 Å². The minimum absolute atomic E-state index is 0.219. The van der Waals surface area contributed by atoms with Gasteiger partial charge in [-0.15, -0.1) is 0 Å². The number of aromatic nitrogens is 2. The van der Waals surface area contributed by atoms with E-state index in [1.165, 1.54) is 24.5 Å². The number of carbonyl (C=O) groups excluding carboxylic acids is 1. The average molecular weight is 306 g/mol. The van der Waals surface area contributed by atoms with Crippen LogP contribution in [-0.4, -0.2) is 27.5 Å². The zero-order chi connectivity index (χ0) is 16.3. The molecule has 2 rings (SSSR count). The highest BCUT2D eigenvalue weighted by molar-refractivity contribution is 5.96. The van der Waals surface area contributed by atoms with Gasteiger partial charge in [-0.3, -0.25) is 4.79 Å². The molecule has 0 bridgehead atoms. The molecule has 0 fully saturated rings. The first kappa shape index (κ1) is 16.2. The number of halogens is 2. The Balaban J connectivity index is 2.22. The summed E-state index contributed by atoms with van der Waals surface area (Å²) in [7, 11) is 0. The van der Waals surface area contributed by atoms with Gasteiger partial charge >= 0.3 is 0 Å². The second-order valence-corrected chi connectivity index (χ2v) is 5.65. The second kappa shape index (κ2) is 6.27. The lowest BCUT2D eigenvalue weighted by atomic mass is 9.81. The average Bonchev–Trinajstić information content (AvgIpc) is 2.46. The molecule has 1 aromatic carbocycles. The third kappa shape index (κ3) is 3.51. The molecule has 0 atom stereocenters. The van der Waals surface area contributed by atoms with E-state index in [1.807, 2.05) is 0 Å². The summed E-state index contributed by atoms with van der Waals surface area (Å²) in [5.41, 5.74) is -0.0506. The van der Waals surface area contributed by atoms with Crippen molar-refractivity contribution in [3.63, 3.8) is 0 Å². The van der Waals surface area contributed by atoms with Crippen LogP contribution in [0.3, 0.4) is 0 Å². The van der Waals surface area contributed by atoms with Gasteiger partial charge in [0.05, 0.1) is 5.56 Å². The van der Waals surface area contributed by atoms with E-state index in [2.05, 4.69) is 9.97 Å². The van der Waals surface area contributed by atoms with Gasteiger partial charge in [-0.2, -0.15) is 0 Å². The highest BCUT2D eigenvalue weighted by atomic mass is 19.1. The van der Waals surface area contributed by atoms with Crippen molar-refractivity contribution in [3.05, 3.63) is 59.2 Å². The molecule has 0 aliphatic rings. The lowest BCUT2D eigenvalue weighted by molar-refractivity contribution is 0.0903. The molecule has 0 saturated heterocycles. The number of Topliss-reactive ketones (excluding diaryl/α,β-unsaturated/α-hetero) is 1. The molecular formula is C16H16F2N2O2. The van der Waals surface area contributed by atoms with Crippen LogP contribution in [0, 0.1) is 11.6 Å². The van der Waals surface area contributed by atoms with Crippen LogP contribution in [0.4, 0.5) is 8.78 Å². The number of aliphatic hydroxyl groups excluding tert-OH is 1. The molecule has 1 heterocycles. The summed E-state index contributed by atoms with van der Waals surface area (Å²) < 4.78 is 26.9. The lowest BCUT2D eigenvalue weighted by Gasteiger charge is -2.25. The van der Waals surface area contributed by atoms with Crippen LogP contribution in [0.1, 0.15) is 35.6 Å². The van der Waals surface area contributed by atoms with E-state index in [0.717, 1.165) is 6.07 Å². The summed E-state index contributed by atoms with van der Waals surface area (Å²) in [6.45, 7) is 3.01. The third-order valence-corrected chi connectivity index (χ3v) is 3.43. The second-order valence-electron chi connectivity index (χ2n) is 5.65. The molecule has 0 spiro atoms. The minimum atomic E-state index is -0.639. The summed E-state index contributed by atoms with van der Waals surface area (Å²) in [6, 6.07) is 3.47. The molecule has 4 nitrogen and oxygen atoms in total. The van der Waals surface area contributed by atoms with Gasteiger partial charge in [-0.25, -0.2) is 18.7 Å². The Morgan fingerprint density at radius 1 is 1.23 bits per heavy atom. The molecule has 6 heteroatoms. The SMILES string of the molecule is CC(C)(Cc1ncc(C(=O)CO)cn1)c1ccc(F)cc1F. The molecular weight excluding hydrogens is 290 g/mol. The van der Waals surface area contributed by atoms with Crippen LogP contribution in [-0.2, 0) is 11.8 Å². The van der Waals surface area contributed by atoms with E-state index < -0.39 is 29.4 Å². The van der Waals surface area contributed by atoms with Gasteiger partial charge in [-0.1, -0.05) is 19.9 Å². The first-order valence-electron chi connectivity index (χ1n) is 6.74. The van der Waals surface area contributed by atoms with Gasteiger partial charge in [0.1, 0.15) is 24.1 Å². The molecule has 0 radical (unpaired) electrons. The number of hydrogen-bond acceptors (Lipinski definition) is 4. The number of nitrogens with zero attached hydrogens (tertiary/aromatic N) is 2. The Bertz CT molecular complexity index is 685. The normalized spacial score (nSPS) is 11.5. The molecule has 2 aromatic rings. The maximum absolute atomic E-state index is 13.9. The van der Waals surface area contributed by atoms with Crippen molar-refractivity contribution in [3.8, 4) is 0 Å². The Hall–Kier alpha value is -2.21. The molecule has 116 valence electrons. The number of carbonyl (C=O) groups is 1. The van der Waals surface area contributed by atoms with E-state index in [1.54, 1.807) is 13.8 Å². The van der Waals surface area contributed by atoms with Crippen molar-refractivity contribution in [2.45, 2.75) is 25.7 Å². The third-order valence-electron chi connectivity index (χ3n) is 3.43. The van der Waals surface area contributed by atoms with E-state index >= 15 is 0 Å². The zero-order valence-corrected chi connectivity index (χ0v) is 12.3. The maximum Gasteiger partial charge on any atom is 0.191 e. The van der Waals surface area contributed by atoms with Crippen molar-refractivity contribution in [2.75, 3.05) is 6.61 Å². The molecule has 0 amide bonds. The summed E-state index contributed by atoms with van der Waals surface area (Å²) in [5.74, 6) is -1.27. The van der Waals surface area contributed by atoms with Gasteiger partial charge in [0, 0.05) is 24.9 Å². The fraction of sp³-hybridized carbons (Fsp3) is 0.312. The number of rotatable bonds is 5. The summed E-state index contributed by atoms with van der Waals surface area (Å²) in [6.07, 6.45) is 2.99. The minimum Gasteiger partial charge on any atom is -0.388 e. The smallest absolute Gasteiger partial charge is 0.191 e. The van der Waals surface area contributed by atoms with Crippen LogP contribution in [0.5, 0.6) is 0 Å². The van der Waals surface area contributed by atoms with E-state index in [9.17, 15) is 13.6 Å². The fourth-order valence-corrected chi connectivity index (χ4v) is 2.21. The fourth-order valence-electron chi connectivity index (χ4n) is 2.21. The number of hydrogen-bond donors (Lipinski definition) is 1. The van der Waals surface area contributed by atoms with Gasteiger partial charge < -0.3 is 5.11 Å². The standard InChI is InChI=1S/C16H16F2N2O2/c1-16(2,12-4-3-11(17)5-13(12)18)6-15-19-7-10(8-20-15)14(22)9-21/h3-5,7-8,21H,6,9H2,1-2H3. The monoisotopic (exact) mass is 306 g/mol. The number of aliphatic hydroxyl groups is 1. The molecule has 22 heavy (non-hydrogen) atoms. The molecule has 0 saturated carbocycles. The van der Waals surface area contributed by atoms with Gasteiger partial charge in [0.2, 0.25) is 0 Å². The van der Waals surface area contributed by atoms with Crippen LogP contribution in [0.25, 0.3) is 0 Å². The predicted molar refractivity (Wildman–Crippen MR) is 76.5 cm³/mol. The summed E-state index contributed by atoms with van der Waals surface area (Å²) in [4.78, 5) is 19.4. The zero-order valence-electron chi connectivity index (χ0n) is 12.3. The van der Waals surface area contributed by atoms with Crippen molar-refractivity contribution < 1.29 is 18.7 Å². The quantitative estimate of drug-likeness (QED) is 0.862. The molecule has 0 aliphatic carbocycles. The van der Waals surface area contributed by atoms with Gasteiger partial charge in [0.15, 0.2) is 5.78 Å². The summed E-state index contributed by atoms with van der Waals surface area (Å²) >= 11 is 0. The van der Waals surface area contributed by atoms with Gasteiger partial charge in [0.25, 0.3) is 0 Å². The maximum atomic E-state index is 13.9. The first-order valence-corrected chi connectivity index (χ1v) is 6.74. The molecule has 1 aromatic heterocycles. The van der Waals surface area contributed by atoms with Crippen LogP contribution in [0.2, 0.25) is 0 Å². The largest absolute Gasteiger partial charge is 0.388 e. The van der Waals surface area contributed by atoms with Crippen molar-refractivity contribution in [1.29, 1.82) is 0 Å². The molecule has 1 N–H and O–H groups in total. The Labute approximate surface area is 126 Å². The first-order chi connectivity index (χ1) is 10.3. The van der Waals surface area contributed by atoms with Crippen molar-refractivity contribution >= 4 is 5.78 Å². The predicted octanol–water partition coefficient (Wildman–Crippen LogP) is 2.45. The van der Waals surface area contributed by atoms with Crippen molar-refractivity contribution in [2.24, 2.45) is 0 Å². The Morgan fingerprint density at radius 2 is 1.86 bits per heavy atom. The topological polar surface area (TPSA) is 63.1 Å². The van der Waals surface area contributed by atoms with E-state index in [4.69, 9.17) is 5.11 Å². The van der Waals surface area contributed by atoms with Crippen LogP contribution < -0.4 is 0 Å². The lowest BCUT2D eigenvalue weighted by Crippen LogP contribution is -2.23. The van der Waals surface area contributed by atoms with E-state index in [-0.39, 0.29) is 5.56 Å². The highest BCUT2D eigenvalue weighted by Gasteiger charge is 2.26. The van der Waals surface area contributed by atoms with Gasteiger partial charge in [-0.05, 0) is 17.0 Å². The Morgan fingerprint density at radius 3 is 2.41 bits per heavy atom. The summed E-state index contributed by atoms with van der Waals surface area (Å²) in [5, 5.41) is 8.77. The molecule has 0 unspecified atom stereocenters. The Kier molecular flexibility index (Phi) is 4.61. The number of benzene rings is 1. The highest BCUT2D eigenvalue weighted by Crippen LogP contribution is 2.29. The van der Waals surface area contributed by atoms with Crippen molar-refractivity contribution in [1.82, 2.24) is 9.97 Å². The molecule has 0 aliphatic heterocycles. The van der Waals surface area contributed by atoms with E-state index in [0.29, 0.717) is 17.8 Å². The number of ketones is 1.